The molecule has 1 N–H and O–H groups in total. The standard InChI is InChI=1S/C8H3Cl3N2O3/c9-4-1-3(2-5(10)6(4)11)13-7(14)12-8(15)16-13/h1-2H,(H,12,14,15). The van der Waals surface area contributed by atoms with Gasteiger partial charge in [-0.2, -0.15) is 0 Å². The monoisotopic (exact) mass is 280 g/mol. The number of aromatic nitrogens is 2. The van der Waals surface area contributed by atoms with E-state index in [0.717, 1.165) is 4.74 Å². The molecule has 8 heteroatoms. The summed E-state index contributed by atoms with van der Waals surface area (Å²) >= 11 is 17.3. The quantitative estimate of drug-likeness (QED) is 0.814. The minimum atomic E-state index is -0.868. The molecule has 0 amide bonds. The van der Waals surface area contributed by atoms with Gasteiger partial charge in [0.05, 0.1) is 20.8 Å². The van der Waals surface area contributed by atoms with Crippen LogP contribution in [0, 0.1) is 0 Å². The van der Waals surface area contributed by atoms with Crippen LogP contribution < -0.4 is 11.4 Å². The van der Waals surface area contributed by atoms with Crippen LogP contribution in [0.1, 0.15) is 0 Å². The van der Waals surface area contributed by atoms with Crippen LogP contribution in [0.3, 0.4) is 0 Å². The van der Waals surface area contributed by atoms with Gasteiger partial charge in [-0.3, -0.25) is 0 Å². The van der Waals surface area contributed by atoms with E-state index in [1.807, 2.05) is 4.98 Å². The van der Waals surface area contributed by atoms with Crippen molar-refractivity contribution in [2.45, 2.75) is 0 Å². The second kappa shape index (κ2) is 4.01. The van der Waals surface area contributed by atoms with Crippen molar-refractivity contribution >= 4 is 34.8 Å². The summed E-state index contributed by atoms with van der Waals surface area (Å²) in [6.07, 6.45) is 0. The molecular formula is C8H3Cl3N2O3. The van der Waals surface area contributed by atoms with Gasteiger partial charge in [0.2, 0.25) is 0 Å². The number of rotatable bonds is 1. The lowest BCUT2D eigenvalue weighted by molar-refractivity contribution is 0.315. The van der Waals surface area contributed by atoms with Crippen LogP contribution in [-0.2, 0) is 0 Å². The van der Waals surface area contributed by atoms with Crippen LogP contribution >= 0.6 is 34.8 Å². The normalized spacial score (nSPS) is 10.7. The molecule has 5 nitrogen and oxygen atoms in total. The van der Waals surface area contributed by atoms with Gasteiger partial charge in [-0.15, -0.1) is 4.74 Å². The van der Waals surface area contributed by atoms with Gasteiger partial charge < -0.3 is 4.52 Å². The number of benzene rings is 1. The molecule has 0 atom stereocenters. The zero-order chi connectivity index (χ0) is 11.9. The third kappa shape index (κ3) is 1.89. The smallest absolute Gasteiger partial charge is 0.312 e. The van der Waals surface area contributed by atoms with Crippen molar-refractivity contribution in [3.63, 3.8) is 0 Å². The van der Waals surface area contributed by atoms with Crippen molar-refractivity contribution < 1.29 is 4.52 Å². The van der Waals surface area contributed by atoms with Crippen molar-refractivity contribution in [1.82, 2.24) is 9.72 Å². The van der Waals surface area contributed by atoms with Gasteiger partial charge in [0.15, 0.2) is 0 Å². The first-order valence-electron chi connectivity index (χ1n) is 3.96. The van der Waals surface area contributed by atoms with Crippen LogP contribution in [0.4, 0.5) is 0 Å². The molecule has 16 heavy (non-hydrogen) atoms. The lowest BCUT2D eigenvalue weighted by atomic mass is 10.3. The summed E-state index contributed by atoms with van der Waals surface area (Å²) in [7, 11) is 0. The Morgan fingerprint density at radius 1 is 1.12 bits per heavy atom. The lowest BCUT2D eigenvalue weighted by Crippen LogP contribution is -2.14. The number of aromatic amines is 1. The number of hydrogen-bond acceptors (Lipinski definition) is 3. The summed E-state index contributed by atoms with van der Waals surface area (Å²) in [5.74, 6) is -0.868. The molecule has 0 aliphatic carbocycles. The van der Waals surface area contributed by atoms with E-state index in [1.54, 1.807) is 0 Å². The minimum Gasteiger partial charge on any atom is -0.312 e. The van der Waals surface area contributed by atoms with Crippen molar-refractivity contribution in [1.29, 1.82) is 0 Å². The van der Waals surface area contributed by atoms with E-state index in [2.05, 4.69) is 4.52 Å². The van der Waals surface area contributed by atoms with Crippen LogP contribution in [0.25, 0.3) is 5.69 Å². The molecule has 0 saturated heterocycles. The molecule has 1 aromatic heterocycles. The molecule has 1 aromatic carbocycles. The Bertz CT molecular complexity index is 632. The molecule has 0 aliphatic heterocycles. The first kappa shape index (κ1) is 11.3. The second-order valence-corrected chi connectivity index (χ2v) is 4.02. The van der Waals surface area contributed by atoms with Crippen LogP contribution in [0.2, 0.25) is 15.1 Å². The van der Waals surface area contributed by atoms with Gasteiger partial charge in [-0.25, -0.2) is 14.6 Å². The Hall–Kier alpha value is -1.17. The van der Waals surface area contributed by atoms with Crippen LogP contribution in [0.15, 0.2) is 26.2 Å². The third-order valence-corrected chi connectivity index (χ3v) is 2.97. The molecule has 2 aromatic rings. The summed E-state index contributed by atoms with van der Waals surface area (Å²) in [5, 5.41) is 0.470. The molecule has 2 rings (SSSR count). The maximum absolute atomic E-state index is 11.2. The fourth-order valence-corrected chi connectivity index (χ4v) is 1.70. The zero-order valence-electron chi connectivity index (χ0n) is 7.46. The van der Waals surface area contributed by atoms with E-state index in [-0.39, 0.29) is 20.8 Å². The second-order valence-electron chi connectivity index (χ2n) is 2.83. The highest BCUT2D eigenvalue weighted by atomic mass is 35.5. The molecule has 84 valence electrons. The van der Waals surface area contributed by atoms with E-state index in [0.29, 0.717) is 0 Å². The summed E-state index contributed by atoms with van der Waals surface area (Å²) in [6, 6.07) is 2.71. The molecule has 0 unspecified atom stereocenters. The first-order chi connectivity index (χ1) is 7.49. The maximum atomic E-state index is 11.2. The Morgan fingerprint density at radius 2 is 1.69 bits per heavy atom. The number of H-pyrrole nitrogens is 1. The molecule has 0 radical (unpaired) electrons. The van der Waals surface area contributed by atoms with Crippen LogP contribution in [0.5, 0.6) is 0 Å². The molecule has 0 spiro atoms. The molecular weight excluding hydrogens is 278 g/mol. The predicted molar refractivity (Wildman–Crippen MR) is 60.0 cm³/mol. The van der Waals surface area contributed by atoms with E-state index >= 15 is 0 Å². The van der Waals surface area contributed by atoms with E-state index in [1.165, 1.54) is 12.1 Å². The van der Waals surface area contributed by atoms with Gasteiger partial charge in [0.1, 0.15) is 0 Å². The van der Waals surface area contributed by atoms with Crippen molar-refractivity contribution in [2.75, 3.05) is 0 Å². The largest absolute Gasteiger partial charge is 0.440 e. The minimum absolute atomic E-state index is 0.153. The number of nitrogens with zero attached hydrogens (tertiary/aromatic N) is 1. The van der Waals surface area contributed by atoms with Gasteiger partial charge in [0, 0.05) is 0 Å². The van der Waals surface area contributed by atoms with Gasteiger partial charge in [0.25, 0.3) is 0 Å². The predicted octanol–water partition coefficient (Wildman–Crippen LogP) is 2.08. The molecule has 0 saturated carbocycles. The first-order valence-corrected chi connectivity index (χ1v) is 5.10. The SMILES string of the molecule is O=c1[nH]c(=O)n(-c2cc(Cl)c(Cl)c(Cl)c2)o1. The van der Waals surface area contributed by atoms with E-state index in [4.69, 9.17) is 34.8 Å². The van der Waals surface area contributed by atoms with Crippen molar-refractivity contribution in [3.05, 3.63) is 48.2 Å². The van der Waals surface area contributed by atoms with Crippen molar-refractivity contribution in [2.24, 2.45) is 0 Å². The molecule has 1 heterocycles. The average molecular weight is 281 g/mol. The number of nitrogens with one attached hydrogen (secondary N) is 1. The fraction of sp³-hybridized carbons (Fsp3) is 0. The fourth-order valence-electron chi connectivity index (χ4n) is 1.11. The lowest BCUT2D eigenvalue weighted by Gasteiger charge is -2.02. The van der Waals surface area contributed by atoms with Crippen LogP contribution in [-0.4, -0.2) is 9.72 Å². The Kier molecular flexibility index (Phi) is 2.84. The summed E-state index contributed by atoms with van der Waals surface area (Å²) in [5.41, 5.74) is -0.512. The summed E-state index contributed by atoms with van der Waals surface area (Å²) in [6.45, 7) is 0. The Labute approximate surface area is 103 Å². The van der Waals surface area contributed by atoms with Gasteiger partial charge in [-0.05, 0) is 12.1 Å². The van der Waals surface area contributed by atoms with Gasteiger partial charge >= 0.3 is 11.4 Å². The van der Waals surface area contributed by atoms with Crippen molar-refractivity contribution in [3.8, 4) is 5.69 Å². The highest BCUT2D eigenvalue weighted by Gasteiger charge is 2.11. The van der Waals surface area contributed by atoms with Gasteiger partial charge in [-0.1, -0.05) is 34.8 Å². The maximum Gasteiger partial charge on any atom is 0.440 e. The zero-order valence-corrected chi connectivity index (χ0v) is 9.73. The topological polar surface area (TPSA) is 68.0 Å². The van der Waals surface area contributed by atoms with E-state index < -0.39 is 11.4 Å². The molecule has 0 bridgehead atoms. The summed E-state index contributed by atoms with van der Waals surface area (Å²) in [4.78, 5) is 24.0. The third-order valence-electron chi connectivity index (χ3n) is 1.77. The summed E-state index contributed by atoms with van der Waals surface area (Å²) < 4.78 is 5.32. The van der Waals surface area contributed by atoms with E-state index in [9.17, 15) is 9.59 Å². The molecule has 0 aliphatic rings. The highest BCUT2D eigenvalue weighted by molar-refractivity contribution is 6.48. The number of hydrogen-bond donors (Lipinski definition) is 1. The average Bonchev–Trinajstić information content (AvgIpc) is 2.53. The highest BCUT2D eigenvalue weighted by Crippen LogP contribution is 2.31. The Morgan fingerprint density at radius 3 is 2.12 bits per heavy atom. The molecule has 0 fully saturated rings. The number of halogens is 3. The Balaban J connectivity index is 2.70.